The van der Waals surface area contributed by atoms with E-state index in [1.165, 1.54) is 60.1 Å². The quantitative estimate of drug-likeness (QED) is 0.512. The molecule has 34 heavy (non-hydrogen) atoms. The van der Waals surface area contributed by atoms with E-state index in [1.54, 1.807) is 10.4 Å². The molecule has 0 amide bonds. The van der Waals surface area contributed by atoms with Crippen molar-refractivity contribution in [1.82, 2.24) is 14.9 Å². The highest BCUT2D eigenvalue weighted by molar-refractivity contribution is 7.19. The van der Waals surface area contributed by atoms with Crippen molar-refractivity contribution in [3.8, 4) is 0 Å². The normalized spacial score (nSPS) is 22.3. The summed E-state index contributed by atoms with van der Waals surface area (Å²) in [5.41, 5.74) is 3.02. The molecule has 1 aromatic carbocycles. The lowest BCUT2D eigenvalue weighted by Crippen LogP contribution is -2.37. The average molecular weight is 477 g/mol. The van der Waals surface area contributed by atoms with Crippen LogP contribution in [0, 0.1) is 11.8 Å². The number of piperidine rings is 1. The van der Waals surface area contributed by atoms with Crippen LogP contribution in [-0.2, 0) is 30.5 Å². The second-order valence-corrected chi connectivity index (χ2v) is 11.6. The van der Waals surface area contributed by atoms with Crippen molar-refractivity contribution in [3.05, 3.63) is 52.2 Å². The van der Waals surface area contributed by atoms with E-state index in [2.05, 4.69) is 47.1 Å². The molecule has 0 bridgehead atoms. The van der Waals surface area contributed by atoms with E-state index in [0.29, 0.717) is 0 Å². The van der Waals surface area contributed by atoms with Gasteiger partial charge in [-0.2, -0.15) is 0 Å². The highest BCUT2D eigenvalue weighted by Crippen LogP contribution is 2.42. The number of thiophene rings is 1. The first-order valence-electron chi connectivity index (χ1n) is 13.1. The third kappa shape index (κ3) is 4.73. The molecule has 6 heteroatoms. The van der Waals surface area contributed by atoms with Gasteiger partial charge < -0.3 is 9.64 Å². The minimum atomic E-state index is 0.765. The van der Waals surface area contributed by atoms with E-state index >= 15 is 0 Å². The summed E-state index contributed by atoms with van der Waals surface area (Å²) < 4.78 is 5.56. The Hall–Kier alpha value is -2.02. The summed E-state index contributed by atoms with van der Waals surface area (Å²) >= 11 is 1.94. The predicted molar refractivity (Wildman–Crippen MR) is 140 cm³/mol. The lowest BCUT2D eigenvalue weighted by molar-refractivity contribution is 0.0331. The maximum absolute atomic E-state index is 5.56. The monoisotopic (exact) mass is 476 g/mol. The summed E-state index contributed by atoms with van der Waals surface area (Å²) in [4.78, 5) is 18.2. The summed E-state index contributed by atoms with van der Waals surface area (Å²) in [5, 5.41) is 1.37. The van der Waals surface area contributed by atoms with E-state index < -0.39 is 0 Å². The van der Waals surface area contributed by atoms with E-state index in [0.717, 1.165) is 63.6 Å². The van der Waals surface area contributed by atoms with Crippen molar-refractivity contribution in [1.29, 1.82) is 0 Å². The van der Waals surface area contributed by atoms with Gasteiger partial charge in [-0.25, -0.2) is 9.97 Å². The number of hydrogen-bond donors (Lipinski definition) is 0. The molecule has 1 atom stereocenters. The fraction of sp³-hybridized carbons (Fsp3) is 0.571. The van der Waals surface area contributed by atoms with E-state index in [1.807, 2.05) is 11.3 Å². The molecule has 0 spiro atoms. The Morgan fingerprint density at radius 1 is 1.00 bits per heavy atom. The summed E-state index contributed by atoms with van der Waals surface area (Å²) in [6, 6.07) is 11.0. The number of anilines is 1. The number of aryl methyl sites for hydroxylation is 1. The number of ether oxygens (including phenoxy) is 1. The van der Waals surface area contributed by atoms with Crippen LogP contribution in [0.2, 0.25) is 0 Å². The lowest BCUT2D eigenvalue weighted by Gasteiger charge is -2.34. The van der Waals surface area contributed by atoms with Gasteiger partial charge in [0.15, 0.2) is 0 Å². The molecule has 2 aromatic heterocycles. The minimum absolute atomic E-state index is 0.765. The number of rotatable bonds is 5. The van der Waals surface area contributed by atoms with Crippen molar-refractivity contribution in [2.45, 2.75) is 52.0 Å². The van der Waals surface area contributed by atoms with Gasteiger partial charge in [0.1, 0.15) is 16.5 Å². The molecule has 2 aliphatic heterocycles. The third-order valence-electron chi connectivity index (χ3n) is 7.93. The van der Waals surface area contributed by atoms with E-state index in [9.17, 15) is 0 Å². The zero-order valence-electron chi connectivity index (χ0n) is 20.3. The topological polar surface area (TPSA) is 41.5 Å². The van der Waals surface area contributed by atoms with Gasteiger partial charge in [0.2, 0.25) is 0 Å². The molecule has 0 radical (unpaired) electrons. The molecule has 4 heterocycles. The zero-order valence-corrected chi connectivity index (χ0v) is 21.2. The fourth-order valence-corrected chi connectivity index (χ4v) is 7.32. The standard InChI is InChI=1S/C28H36N4OS/c1-20-7-8-23-24(17-20)34-28-26(23)27(29-25(30-28)19-31-13-15-33-16-14-31)32-11-9-22(10-12-32)18-21-5-3-2-4-6-21/h2-6,20,22H,7-19H2,1H3/t20-/m0/s1. The van der Waals surface area contributed by atoms with Crippen LogP contribution in [0.4, 0.5) is 5.82 Å². The van der Waals surface area contributed by atoms with Crippen LogP contribution in [0.15, 0.2) is 30.3 Å². The SMILES string of the molecule is C[C@H]1CCc2c(sc3nc(CN4CCOCC4)nc(N4CCC(Cc5ccccc5)CC4)c23)C1. The first kappa shape index (κ1) is 22.4. The molecular formula is C28H36N4OS. The summed E-state index contributed by atoms with van der Waals surface area (Å²) in [7, 11) is 0. The summed E-state index contributed by atoms with van der Waals surface area (Å²) in [6.45, 7) is 8.99. The minimum Gasteiger partial charge on any atom is -0.379 e. The van der Waals surface area contributed by atoms with Gasteiger partial charge in [-0.3, -0.25) is 4.90 Å². The van der Waals surface area contributed by atoms with Gasteiger partial charge in [-0.1, -0.05) is 37.3 Å². The fourth-order valence-electron chi connectivity index (χ4n) is 5.92. The first-order chi connectivity index (χ1) is 16.7. The molecule has 3 aliphatic rings. The maximum Gasteiger partial charge on any atom is 0.146 e. The molecule has 2 fully saturated rings. The molecule has 2 saturated heterocycles. The summed E-state index contributed by atoms with van der Waals surface area (Å²) in [6.07, 6.45) is 7.34. The Balaban J connectivity index is 1.28. The van der Waals surface area contributed by atoms with Gasteiger partial charge in [-0.15, -0.1) is 11.3 Å². The van der Waals surface area contributed by atoms with Crippen molar-refractivity contribution < 1.29 is 4.74 Å². The third-order valence-corrected chi connectivity index (χ3v) is 9.08. The van der Waals surface area contributed by atoms with Crippen LogP contribution in [0.1, 0.15) is 48.0 Å². The molecule has 0 N–H and O–H groups in total. The average Bonchev–Trinajstić information content (AvgIpc) is 3.22. The maximum atomic E-state index is 5.56. The van der Waals surface area contributed by atoms with Crippen LogP contribution in [0.3, 0.4) is 0 Å². The number of hydrogen-bond acceptors (Lipinski definition) is 6. The van der Waals surface area contributed by atoms with Crippen LogP contribution >= 0.6 is 11.3 Å². The number of morpholine rings is 1. The molecule has 1 aliphatic carbocycles. The molecule has 0 saturated carbocycles. The Morgan fingerprint density at radius 2 is 1.79 bits per heavy atom. The molecule has 6 rings (SSSR count). The second kappa shape index (κ2) is 9.92. The van der Waals surface area contributed by atoms with Crippen LogP contribution in [0.5, 0.6) is 0 Å². The number of aromatic nitrogens is 2. The van der Waals surface area contributed by atoms with Crippen molar-refractivity contribution in [3.63, 3.8) is 0 Å². The Labute approximate surface area is 207 Å². The molecular weight excluding hydrogens is 440 g/mol. The van der Waals surface area contributed by atoms with Crippen LogP contribution in [0.25, 0.3) is 10.2 Å². The van der Waals surface area contributed by atoms with Crippen LogP contribution in [-0.4, -0.2) is 54.3 Å². The predicted octanol–water partition coefficient (Wildman–Crippen LogP) is 5.11. The molecule has 0 unspecified atom stereocenters. The van der Waals surface area contributed by atoms with E-state index in [4.69, 9.17) is 14.7 Å². The van der Waals surface area contributed by atoms with Crippen molar-refractivity contribution in [2.75, 3.05) is 44.3 Å². The number of fused-ring (bicyclic) bond motifs is 3. The van der Waals surface area contributed by atoms with Gasteiger partial charge >= 0.3 is 0 Å². The lowest BCUT2D eigenvalue weighted by atomic mass is 9.88. The molecule has 3 aromatic rings. The van der Waals surface area contributed by atoms with Gasteiger partial charge in [0.05, 0.1) is 25.1 Å². The van der Waals surface area contributed by atoms with Crippen LogP contribution < -0.4 is 4.90 Å². The Kier molecular flexibility index (Phi) is 6.55. The highest BCUT2D eigenvalue weighted by atomic mass is 32.1. The van der Waals surface area contributed by atoms with Gasteiger partial charge in [-0.05, 0) is 61.5 Å². The molecule has 5 nitrogen and oxygen atoms in total. The van der Waals surface area contributed by atoms with Gasteiger partial charge in [0, 0.05) is 31.1 Å². The number of nitrogens with zero attached hydrogens (tertiary/aromatic N) is 4. The Bertz CT molecular complexity index is 1120. The van der Waals surface area contributed by atoms with E-state index in [-0.39, 0.29) is 0 Å². The van der Waals surface area contributed by atoms with Crippen molar-refractivity contribution in [2.24, 2.45) is 11.8 Å². The molecule has 180 valence electrons. The Morgan fingerprint density at radius 3 is 2.59 bits per heavy atom. The van der Waals surface area contributed by atoms with Crippen molar-refractivity contribution >= 4 is 27.4 Å². The second-order valence-electron chi connectivity index (χ2n) is 10.5. The first-order valence-corrected chi connectivity index (χ1v) is 13.9. The summed E-state index contributed by atoms with van der Waals surface area (Å²) in [5.74, 6) is 3.75. The largest absolute Gasteiger partial charge is 0.379 e. The van der Waals surface area contributed by atoms with Gasteiger partial charge in [0.25, 0.3) is 0 Å². The number of benzene rings is 1. The highest BCUT2D eigenvalue weighted by Gasteiger charge is 2.28. The zero-order chi connectivity index (χ0) is 22.9. The smallest absolute Gasteiger partial charge is 0.146 e.